The van der Waals surface area contributed by atoms with Crippen LogP contribution in [0.15, 0.2) is 77.7 Å². The molecule has 1 heterocycles. The topological polar surface area (TPSA) is 75.7 Å². The Bertz CT molecular complexity index is 1310. The fourth-order valence-electron chi connectivity index (χ4n) is 4.07. The molecule has 0 aromatic heterocycles. The van der Waals surface area contributed by atoms with Crippen molar-refractivity contribution in [2.24, 2.45) is 0 Å². The highest BCUT2D eigenvalue weighted by molar-refractivity contribution is 7.92. The molecule has 1 aliphatic rings. The Balaban J connectivity index is 1.57. The van der Waals surface area contributed by atoms with Crippen molar-refractivity contribution in [2.45, 2.75) is 57.1 Å². The summed E-state index contributed by atoms with van der Waals surface area (Å²) in [6.07, 6.45) is -0.985. The minimum Gasteiger partial charge on any atom is -0.476 e. The zero-order valence-corrected chi connectivity index (χ0v) is 21.6. The van der Waals surface area contributed by atoms with Gasteiger partial charge < -0.3 is 10.1 Å². The van der Waals surface area contributed by atoms with Crippen LogP contribution in [-0.4, -0.2) is 27.0 Å². The van der Waals surface area contributed by atoms with Crippen molar-refractivity contribution in [3.63, 3.8) is 0 Å². The first-order chi connectivity index (χ1) is 16.5. The fourth-order valence-corrected chi connectivity index (χ4v) is 5.54. The SMILES string of the molecule is Cc1ccc(S(=O)(=O)N2C[C@H](C(=O)N[C@H](C)c3ccc(C(C)(C)C)cc3)Oc3ccccc32)cc1. The van der Waals surface area contributed by atoms with Crippen LogP contribution >= 0.6 is 0 Å². The van der Waals surface area contributed by atoms with E-state index in [1.807, 2.05) is 26.0 Å². The maximum absolute atomic E-state index is 13.5. The van der Waals surface area contributed by atoms with Crippen molar-refractivity contribution in [2.75, 3.05) is 10.8 Å². The number of aryl methyl sites for hydroxylation is 1. The van der Waals surface area contributed by atoms with Gasteiger partial charge in [0.05, 0.1) is 23.2 Å². The van der Waals surface area contributed by atoms with E-state index in [2.05, 4.69) is 38.2 Å². The first kappa shape index (κ1) is 24.8. The normalized spacial score (nSPS) is 16.7. The minimum absolute atomic E-state index is 0.0424. The van der Waals surface area contributed by atoms with E-state index in [9.17, 15) is 13.2 Å². The van der Waals surface area contributed by atoms with Gasteiger partial charge >= 0.3 is 0 Å². The van der Waals surface area contributed by atoms with E-state index < -0.39 is 16.1 Å². The highest BCUT2D eigenvalue weighted by Crippen LogP contribution is 2.37. The van der Waals surface area contributed by atoms with Gasteiger partial charge in [-0.15, -0.1) is 0 Å². The van der Waals surface area contributed by atoms with E-state index in [0.29, 0.717) is 11.4 Å². The van der Waals surface area contributed by atoms with E-state index >= 15 is 0 Å². The summed E-state index contributed by atoms with van der Waals surface area (Å²) in [5.41, 5.74) is 3.60. The van der Waals surface area contributed by atoms with Gasteiger partial charge in [-0.25, -0.2) is 8.42 Å². The zero-order chi connectivity index (χ0) is 25.4. The molecule has 7 heteroatoms. The average Bonchev–Trinajstić information content (AvgIpc) is 2.83. The number of hydrogen-bond donors (Lipinski definition) is 1. The number of nitrogens with one attached hydrogen (secondary N) is 1. The lowest BCUT2D eigenvalue weighted by atomic mass is 9.86. The molecule has 184 valence electrons. The molecular weight excluding hydrogens is 460 g/mol. The number of rotatable bonds is 5. The third-order valence-electron chi connectivity index (χ3n) is 6.27. The summed E-state index contributed by atoms with van der Waals surface area (Å²) in [6.45, 7) is 10.2. The molecule has 0 bridgehead atoms. The maximum Gasteiger partial charge on any atom is 0.264 e. The molecule has 1 amide bonds. The molecule has 0 unspecified atom stereocenters. The van der Waals surface area contributed by atoms with E-state index in [-0.39, 0.29) is 28.8 Å². The number of benzene rings is 3. The second-order valence-electron chi connectivity index (χ2n) is 10.0. The number of anilines is 1. The molecule has 0 saturated carbocycles. The predicted octanol–water partition coefficient (Wildman–Crippen LogP) is 5.13. The summed E-state index contributed by atoms with van der Waals surface area (Å²) in [5, 5.41) is 2.99. The van der Waals surface area contributed by atoms with Crippen molar-refractivity contribution < 1.29 is 17.9 Å². The summed E-state index contributed by atoms with van der Waals surface area (Å²) in [5.74, 6) is -0.00669. The lowest BCUT2D eigenvalue weighted by Gasteiger charge is -2.35. The van der Waals surface area contributed by atoms with Crippen LogP contribution in [0.25, 0.3) is 0 Å². The van der Waals surface area contributed by atoms with Crippen molar-refractivity contribution in [3.05, 3.63) is 89.5 Å². The molecule has 1 aliphatic heterocycles. The van der Waals surface area contributed by atoms with Crippen molar-refractivity contribution in [3.8, 4) is 5.75 Å². The Morgan fingerprint density at radius 3 is 2.26 bits per heavy atom. The lowest BCUT2D eigenvalue weighted by molar-refractivity contribution is -0.128. The molecule has 0 radical (unpaired) electrons. The van der Waals surface area contributed by atoms with Crippen molar-refractivity contribution >= 4 is 21.6 Å². The lowest BCUT2D eigenvalue weighted by Crippen LogP contribution is -2.51. The highest BCUT2D eigenvalue weighted by Gasteiger charge is 2.37. The van der Waals surface area contributed by atoms with E-state index in [4.69, 9.17) is 4.74 Å². The zero-order valence-electron chi connectivity index (χ0n) is 20.8. The van der Waals surface area contributed by atoms with Gasteiger partial charge in [0, 0.05) is 0 Å². The first-order valence-corrected chi connectivity index (χ1v) is 13.2. The number of sulfonamides is 1. The largest absolute Gasteiger partial charge is 0.476 e. The molecular formula is C28H32N2O4S. The molecule has 4 rings (SSSR count). The van der Waals surface area contributed by atoms with Gasteiger partial charge in [-0.3, -0.25) is 9.10 Å². The second kappa shape index (κ2) is 9.38. The maximum atomic E-state index is 13.5. The average molecular weight is 493 g/mol. The van der Waals surface area contributed by atoms with E-state index in [1.165, 1.54) is 9.87 Å². The number of fused-ring (bicyclic) bond motifs is 1. The third-order valence-corrected chi connectivity index (χ3v) is 8.07. The number of amides is 1. The predicted molar refractivity (Wildman–Crippen MR) is 138 cm³/mol. The van der Waals surface area contributed by atoms with Crippen molar-refractivity contribution in [1.29, 1.82) is 0 Å². The molecule has 6 nitrogen and oxygen atoms in total. The molecule has 0 saturated heterocycles. The van der Waals surface area contributed by atoms with Crippen LogP contribution in [0.2, 0.25) is 0 Å². The standard InChI is InChI=1S/C28H32N2O4S/c1-19-10-16-23(17-11-19)35(32,33)30-18-26(34-25-9-7-6-8-24(25)30)27(31)29-20(2)21-12-14-22(15-13-21)28(3,4)5/h6-17,20,26H,18H2,1-5H3,(H,29,31)/t20-,26-/m1/s1. The van der Waals surface area contributed by atoms with Crippen LogP contribution in [0.4, 0.5) is 5.69 Å². The van der Waals surface area contributed by atoms with Gasteiger partial charge in [0.25, 0.3) is 15.9 Å². The summed E-state index contributed by atoms with van der Waals surface area (Å²) in [4.78, 5) is 13.4. The monoisotopic (exact) mass is 492 g/mol. The summed E-state index contributed by atoms with van der Waals surface area (Å²) >= 11 is 0. The Hall–Kier alpha value is -3.32. The smallest absolute Gasteiger partial charge is 0.264 e. The van der Waals surface area contributed by atoms with Gasteiger partial charge in [-0.05, 0) is 54.7 Å². The molecule has 35 heavy (non-hydrogen) atoms. The van der Waals surface area contributed by atoms with E-state index in [0.717, 1.165) is 11.1 Å². The Morgan fingerprint density at radius 2 is 1.63 bits per heavy atom. The Labute approximate surface area is 208 Å². The summed E-state index contributed by atoms with van der Waals surface area (Å²) in [7, 11) is -3.88. The van der Waals surface area contributed by atoms with Crippen molar-refractivity contribution in [1.82, 2.24) is 5.32 Å². The van der Waals surface area contributed by atoms with Gasteiger partial charge in [-0.1, -0.05) is 74.9 Å². The van der Waals surface area contributed by atoms with Gasteiger partial charge in [0.1, 0.15) is 5.75 Å². The number of carbonyl (C=O) groups excluding carboxylic acids is 1. The number of carbonyl (C=O) groups is 1. The van der Waals surface area contributed by atoms with Gasteiger partial charge in [-0.2, -0.15) is 0 Å². The van der Waals surface area contributed by atoms with Crippen LogP contribution in [0, 0.1) is 6.92 Å². The summed E-state index contributed by atoms with van der Waals surface area (Å²) in [6, 6.07) is 21.5. The number of ether oxygens (including phenoxy) is 1. The summed E-state index contributed by atoms with van der Waals surface area (Å²) < 4.78 is 34.3. The number of nitrogens with zero attached hydrogens (tertiary/aromatic N) is 1. The van der Waals surface area contributed by atoms with Crippen LogP contribution in [0.5, 0.6) is 5.75 Å². The van der Waals surface area contributed by atoms with Crippen LogP contribution in [0.3, 0.4) is 0 Å². The number of hydrogen-bond acceptors (Lipinski definition) is 4. The molecule has 3 aromatic carbocycles. The van der Waals surface area contributed by atoms with Gasteiger partial charge in [0.2, 0.25) is 0 Å². The molecule has 0 spiro atoms. The third kappa shape index (κ3) is 5.20. The Morgan fingerprint density at radius 1 is 1.00 bits per heavy atom. The molecule has 2 atom stereocenters. The minimum atomic E-state index is -3.88. The molecule has 0 fully saturated rings. The quantitative estimate of drug-likeness (QED) is 0.536. The van der Waals surface area contributed by atoms with Crippen LogP contribution in [-0.2, 0) is 20.2 Å². The van der Waals surface area contributed by atoms with E-state index in [1.54, 1.807) is 48.5 Å². The first-order valence-electron chi connectivity index (χ1n) is 11.7. The Kier molecular flexibility index (Phi) is 6.64. The van der Waals surface area contributed by atoms with Crippen LogP contribution < -0.4 is 14.4 Å². The number of para-hydroxylation sites is 2. The molecule has 1 N–H and O–H groups in total. The molecule has 3 aromatic rings. The second-order valence-corrected chi connectivity index (χ2v) is 11.9. The van der Waals surface area contributed by atoms with Gasteiger partial charge in [0.15, 0.2) is 6.10 Å². The highest BCUT2D eigenvalue weighted by atomic mass is 32.2. The fraction of sp³-hybridized carbons (Fsp3) is 0.321. The molecule has 0 aliphatic carbocycles. The van der Waals surface area contributed by atoms with Crippen LogP contribution in [0.1, 0.15) is 50.4 Å².